The van der Waals surface area contributed by atoms with Gasteiger partial charge in [-0.05, 0) is 37.0 Å². The van der Waals surface area contributed by atoms with E-state index in [9.17, 15) is 19.5 Å². The van der Waals surface area contributed by atoms with Crippen molar-refractivity contribution in [3.05, 3.63) is 29.8 Å². The third-order valence-electron chi connectivity index (χ3n) is 5.05. The van der Waals surface area contributed by atoms with Gasteiger partial charge in [-0.15, -0.1) is 0 Å². The second-order valence-corrected chi connectivity index (χ2v) is 7.16. The number of aromatic hydroxyl groups is 1. The highest BCUT2D eigenvalue weighted by atomic mass is 16.5. The fourth-order valence-electron chi connectivity index (χ4n) is 3.48. The molecular formula is C21H30N2O5. The van der Waals surface area contributed by atoms with Crippen LogP contribution in [0.2, 0.25) is 0 Å². The normalized spacial score (nSPS) is 17.2. The van der Waals surface area contributed by atoms with Gasteiger partial charge in [-0.1, -0.05) is 31.9 Å². The number of nitrogens with zero attached hydrogens (tertiary/aromatic N) is 1. The maximum absolute atomic E-state index is 12.8. The quantitative estimate of drug-likeness (QED) is 0.498. The molecule has 1 aliphatic rings. The van der Waals surface area contributed by atoms with E-state index in [0.29, 0.717) is 19.4 Å². The first-order valence-electron chi connectivity index (χ1n) is 9.91. The molecule has 1 heterocycles. The fourth-order valence-corrected chi connectivity index (χ4v) is 3.48. The average molecular weight is 390 g/mol. The summed E-state index contributed by atoms with van der Waals surface area (Å²) in [5, 5.41) is 12.1. The van der Waals surface area contributed by atoms with Crippen LogP contribution in [0.15, 0.2) is 24.3 Å². The van der Waals surface area contributed by atoms with Gasteiger partial charge in [-0.25, -0.2) is 4.79 Å². The Kier molecular flexibility index (Phi) is 8.29. The van der Waals surface area contributed by atoms with Gasteiger partial charge >= 0.3 is 5.97 Å². The summed E-state index contributed by atoms with van der Waals surface area (Å²) >= 11 is 0. The number of likely N-dealkylation sites (tertiary alicyclic amines) is 1. The monoisotopic (exact) mass is 390 g/mol. The molecule has 0 radical (unpaired) electrons. The molecule has 0 unspecified atom stereocenters. The number of hydrogen-bond acceptors (Lipinski definition) is 5. The van der Waals surface area contributed by atoms with E-state index in [-0.39, 0.29) is 24.0 Å². The molecule has 154 valence electrons. The number of phenolic OH excluding ortho intramolecular Hbond substituents is 1. The molecule has 2 rings (SSSR count). The van der Waals surface area contributed by atoms with Crippen LogP contribution >= 0.6 is 0 Å². The minimum absolute atomic E-state index is 0.000692. The number of ether oxygens (including phenoxy) is 1. The molecular weight excluding hydrogens is 360 g/mol. The van der Waals surface area contributed by atoms with Gasteiger partial charge in [0.2, 0.25) is 11.8 Å². The number of nitrogens with one attached hydrogen (secondary N) is 1. The molecule has 1 aromatic rings. The molecule has 0 spiro atoms. The van der Waals surface area contributed by atoms with Crippen molar-refractivity contribution in [1.82, 2.24) is 10.2 Å². The van der Waals surface area contributed by atoms with E-state index in [0.717, 1.165) is 31.2 Å². The van der Waals surface area contributed by atoms with Crippen molar-refractivity contribution in [2.75, 3.05) is 13.7 Å². The fraction of sp³-hybridized carbons (Fsp3) is 0.571. The van der Waals surface area contributed by atoms with Crippen molar-refractivity contribution in [1.29, 1.82) is 0 Å². The van der Waals surface area contributed by atoms with Crippen LogP contribution in [-0.2, 0) is 25.5 Å². The SMILES string of the molecule is CCCCCC(=O)N1CCC[C@@H]1C(=O)N[C@@H](Cc1ccc(O)cc1)C(=O)OC. The highest BCUT2D eigenvalue weighted by Crippen LogP contribution is 2.20. The van der Waals surface area contributed by atoms with Crippen LogP contribution in [0.4, 0.5) is 0 Å². The predicted molar refractivity (Wildman–Crippen MR) is 105 cm³/mol. The highest BCUT2D eigenvalue weighted by Gasteiger charge is 2.35. The summed E-state index contributed by atoms with van der Waals surface area (Å²) in [5.41, 5.74) is 0.785. The second-order valence-electron chi connectivity index (χ2n) is 7.16. The van der Waals surface area contributed by atoms with Gasteiger partial charge in [-0.3, -0.25) is 9.59 Å². The molecule has 0 aliphatic carbocycles. The van der Waals surface area contributed by atoms with Crippen molar-refractivity contribution in [3.63, 3.8) is 0 Å². The molecule has 0 saturated carbocycles. The summed E-state index contributed by atoms with van der Waals surface area (Å²) in [4.78, 5) is 39.1. The maximum Gasteiger partial charge on any atom is 0.328 e. The van der Waals surface area contributed by atoms with Crippen molar-refractivity contribution < 1.29 is 24.2 Å². The number of esters is 1. The molecule has 28 heavy (non-hydrogen) atoms. The second kappa shape index (κ2) is 10.7. The number of carbonyl (C=O) groups excluding carboxylic acids is 3. The third kappa shape index (κ3) is 5.97. The van der Waals surface area contributed by atoms with Crippen molar-refractivity contribution >= 4 is 17.8 Å². The Labute approximate surface area is 166 Å². The van der Waals surface area contributed by atoms with E-state index in [1.165, 1.54) is 19.2 Å². The number of amides is 2. The van der Waals surface area contributed by atoms with E-state index in [1.807, 2.05) is 0 Å². The van der Waals surface area contributed by atoms with Gasteiger partial charge < -0.3 is 20.1 Å². The third-order valence-corrected chi connectivity index (χ3v) is 5.05. The average Bonchev–Trinajstić information content (AvgIpc) is 3.18. The minimum Gasteiger partial charge on any atom is -0.508 e. The standard InChI is InChI=1S/C21H30N2O5/c1-3-4-5-8-19(25)23-13-6-7-18(23)20(26)22-17(21(27)28-2)14-15-9-11-16(24)12-10-15/h9-12,17-18,24H,3-8,13-14H2,1-2H3,(H,22,26)/t17-,18+/m0/s1. The zero-order valence-corrected chi connectivity index (χ0v) is 16.6. The molecule has 1 aliphatic heterocycles. The van der Waals surface area contributed by atoms with Gasteiger partial charge in [0.25, 0.3) is 0 Å². The first-order chi connectivity index (χ1) is 13.5. The van der Waals surface area contributed by atoms with Crippen molar-refractivity contribution in [2.24, 2.45) is 0 Å². The molecule has 2 atom stereocenters. The van der Waals surface area contributed by atoms with Crippen LogP contribution < -0.4 is 5.32 Å². The van der Waals surface area contributed by atoms with Gasteiger partial charge in [0.15, 0.2) is 0 Å². The number of carbonyl (C=O) groups is 3. The lowest BCUT2D eigenvalue weighted by molar-refractivity contribution is -0.146. The van der Waals surface area contributed by atoms with E-state index in [1.54, 1.807) is 17.0 Å². The Morgan fingerprint density at radius 3 is 2.61 bits per heavy atom. The predicted octanol–water partition coefficient (Wildman–Crippen LogP) is 2.16. The molecule has 0 aromatic heterocycles. The molecule has 2 N–H and O–H groups in total. The van der Waals surface area contributed by atoms with Crippen LogP contribution in [0, 0.1) is 0 Å². The number of unbranched alkanes of at least 4 members (excludes halogenated alkanes) is 2. The van der Waals surface area contributed by atoms with E-state index >= 15 is 0 Å². The molecule has 1 fully saturated rings. The van der Waals surface area contributed by atoms with E-state index < -0.39 is 18.1 Å². The first kappa shape index (κ1) is 21.7. The Hall–Kier alpha value is -2.57. The molecule has 7 heteroatoms. The first-order valence-corrected chi connectivity index (χ1v) is 9.91. The lowest BCUT2D eigenvalue weighted by atomic mass is 10.0. The number of phenols is 1. The number of rotatable bonds is 9. The smallest absolute Gasteiger partial charge is 0.328 e. The largest absolute Gasteiger partial charge is 0.508 e. The topological polar surface area (TPSA) is 95.9 Å². The lowest BCUT2D eigenvalue weighted by Crippen LogP contribution is -2.51. The summed E-state index contributed by atoms with van der Waals surface area (Å²) in [6.07, 6.45) is 4.92. The summed E-state index contributed by atoms with van der Waals surface area (Å²) < 4.78 is 4.83. The Balaban J connectivity index is 2.01. The van der Waals surface area contributed by atoms with E-state index in [2.05, 4.69) is 12.2 Å². The Morgan fingerprint density at radius 1 is 1.25 bits per heavy atom. The molecule has 1 aromatic carbocycles. The molecule has 1 saturated heterocycles. The lowest BCUT2D eigenvalue weighted by Gasteiger charge is -2.26. The molecule has 0 bridgehead atoms. The van der Waals surface area contributed by atoms with Crippen LogP contribution in [0.25, 0.3) is 0 Å². The van der Waals surface area contributed by atoms with Crippen LogP contribution in [0.5, 0.6) is 5.75 Å². The summed E-state index contributed by atoms with van der Waals surface area (Å²) in [6.45, 7) is 2.65. The van der Waals surface area contributed by atoms with Crippen LogP contribution in [0.1, 0.15) is 51.0 Å². The van der Waals surface area contributed by atoms with Gasteiger partial charge in [0.05, 0.1) is 7.11 Å². The van der Waals surface area contributed by atoms with Crippen LogP contribution in [0.3, 0.4) is 0 Å². The zero-order chi connectivity index (χ0) is 20.5. The van der Waals surface area contributed by atoms with Crippen molar-refractivity contribution in [3.8, 4) is 5.75 Å². The molecule has 2 amide bonds. The summed E-state index contributed by atoms with van der Waals surface area (Å²) in [5.74, 6) is -0.736. The number of hydrogen-bond donors (Lipinski definition) is 2. The van der Waals surface area contributed by atoms with Gasteiger partial charge in [0.1, 0.15) is 17.8 Å². The number of benzene rings is 1. The van der Waals surface area contributed by atoms with E-state index in [4.69, 9.17) is 4.74 Å². The Morgan fingerprint density at radius 2 is 1.96 bits per heavy atom. The zero-order valence-electron chi connectivity index (χ0n) is 16.6. The highest BCUT2D eigenvalue weighted by molar-refractivity contribution is 5.91. The number of methoxy groups -OCH3 is 1. The summed E-state index contributed by atoms with van der Waals surface area (Å²) in [6, 6.07) is 5.05. The van der Waals surface area contributed by atoms with Crippen molar-refractivity contribution in [2.45, 2.75) is 64.0 Å². The minimum atomic E-state index is -0.848. The maximum atomic E-state index is 12.8. The van der Waals surface area contributed by atoms with Gasteiger partial charge in [0, 0.05) is 19.4 Å². The molecule has 7 nitrogen and oxygen atoms in total. The Bertz CT molecular complexity index is 674. The summed E-state index contributed by atoms with van der Waals surface area (Å²) in [7, 11) is 1.28. The van der Waals surface area contributed by atoms with Gasteiger partial charge in [-0.2, -0.15) is 0 Å². The van der Waals surface area contributed by atoms with Crippen LogP contribution in [-0.4, -0.2) is 53.5 Å².